The van der Waals surface area contributed by atoms with Crippen LogP contribution in [0.25, 0.3) is 6.08 Å². The SMILES string of the molecule is Cn1nccc1C=CC(=O)NC1(CC(=O)O)CCC1. The molecular formula is C13H17N3O3. The molecule has 0 spiro atoms. The molecule has 6 heteroatoms. The predicted molar refractivity (Wildman–Crippen MR) is 69.2 cm³/mol. The summed E-state index contributed by atoms with van der Waals surface area (Å²) in [5.41, 5.74) is 0.260. The summed E-state index contributed by atoms with van der Waals surface area (Å²) in [5, 5.41) is 15.7. The van der Waals surface area contributed by atoms with Crippen LogP contribution in [0, 0.1) is 0 Å². The molecule has 0 aromatic carbocycles. The molecule has 0 aliphatic heterocycles. The summed E-state index contributed by atoms with van der Waals surface area (Å²) < 4.78 is 1.65. The van der Waals surface area contributed by atoms with Crippen molar-refractivity contribution in [1.29, 1.82) is 0 Å². The maximum atomic E-state index is 11.8. The van der Waals surface area contributed by atoms with Crippen molar-refractivity contribution >= 4 is 18.0 Å². The van der Waals surface area contributed by atoms with Crippen molar-refractivity contribution in [2.45, 2.75) is 31.2 Å². The summed E-state index contributed by atoms with van der Waals surface area (Å²) >= 11 is 0. The second-order valence-corrected chi connectivity index (χ2v) is 4.91. The molecule has 1 amide bonds. The highest BCUT2D eigenvalue weighted by atomic mass is 16.4. The Labute approximate surface area is 111 Å². The molecule has 0 bridgehead atoms. The predicted octanol–water partition coefficient (Wildman–Crippen LogP) is 0.947. The van der Waals surface area contributed by atoms with E-state index in [9.17, 15) is 9.59 Å². The van der Waals surface area contributed by atoms with E-state index in [1.165, 1.54) is 6.08 Å². The number of hydrogen-bond acceptors (Lipinski definition) is 3. The first kappa shape index (κ1) is 13.3. The van der Waals surface area contributed by atoms with Crippen molar-refractivity contribution in [2.24, 2.45) is 7.05 Å². The maximum absolute atomic E-state index is 11.8. The van der Waals surface area contributed by atoms with Gasteiger partial charge in [0, 0.05) is 19.3 Å². The molecule has 6 nitrogen and oxygen atoms in total. The van der Waals surface area contributed by atoms with Crippen molar-refractivity contribution in [3.63, 3.8) is 0 Å². The number of carboxylic acid groups (broad SMARTS) is 1. The van der Waals surface area contributed by atoms with E-state index in [2.05, 4.69) is 10.4 Å². The number of aromatic nitrogens is 2. The highest BCUT2D eigenvalue weighted by molar-refractivity contribution is 5.92. The van der Waals surface area contributed by atoms with Gasteiger partial charge < -0.3 is 10.4 Å². The Morgan fingerprint density at radius 1 is 1.58 bits per heavy atom. The smallest absolute Gasteiger partial charge is 0.305 e. The first-order valence-corrected chi connectivity index (χ1v) is 6.21. The lowest BCUT2D eigenvalue weighted by Crippen LogP contribution is -2.54. The summed E-state index contributed by atoms with van der Waals surface area (Å²) in [6.07, 6.45) is 7.12. The molecule has 0 saturated heterocycles. The van der Waals surface area contributed by atoms with E-state index in [4.69, 9.17) is 5.11 Å². The van der Waals surface area contributed by atoms with Gasteiger partial charge in [-0.25, -0.2) is 0 Å². The third-order valence-electron chi connectivity index (χ3n) is 3.45. The van der Waals surface area contributed by atoms with Gasteiger partial charge in [-0.05, 0) is 31.4 Å². The van der Waals surface area contributed by atoms with E-state index in [-0.39, 0.29) is 12.3 Å². The molecule has 102 valence electrons. The Hall–Kier alpha value is -2.11. The molecule has 2 N–H and O–H groups in total. The van der Waals surface area contributed by atoms with Crippen LogP contribution >= 0.6 is 0 Å². The summed E-state index contributed by atoms with van der Waals surface area (Å²) in [4.78, 5) is 22.6. The molecule has 1 fully saturated rings. The first-order chi connectivity index (χ1) is 9.01. The van der Waals surface area contributed by atoms with Gasteiger partial charge in [0.15, 0.2) is 0 Å². The Bertz CT molecular complexity index is 515. The molecule has 1 saturated carbocycles. The highest BCUT2D eigenvalue weighted by Crippen LogP contribution is 2.34. The zero-order chi connectivity index (χ0) is 13.9. The Balaban J connectivity index is 1.95. The highest BCUT2D eigenvalue weighted by Gasteiger charge is 2.39. The molecule has 19 heavy (non-hydrogen) atoms. The fourth-order valence-electron chi connectivity index (χ4n) is 2.25. The molecule has 0 unspecified atom stereocenters. The van der Waals surface area contributed by atoms with Crippen molar-refractivity contribution < 1.29 is 14.7 Å². The third kappa shape index (κ3) is 3.21. The second-order valence-electron chi connectivity index (χ2n) is 4.91. The monoisotopic (exact) mass is 263 g/mol. The number of nitrogens with zero attached hydrogens (tertiary/aromatic N) is 2. The van der Waals surface area contributed by atoms with Gasteiger partial charge in [0.1, 0.15) is 0 Å². The molecule has 1 aromatic heterocycles. The van der Waals surface area contributed by atoms with E-state index < -0.39 is 11.5 Å². The molecule has 0 radical (unpaired) electrons. The average Bonchev–Trinajstić information content (AvgIpc) is 2.68. The maximum Gasteiger partial charge on any atom is 0.305 e. The van der Waals surface area contributed by atoms with E-state index >= 15 is 0 Å². The normalized spacial score (nSPS) is 17.1. The largest absolute Gasteiger partial charge is 0.481 e. The number of nitrogens with one attached hydrogen (secondary N) is 1. The zero-order valence-electron chi connectivity index (χ0n) is 10.8. The molecule has 1 aliphatic rings. The van der Waals surface area contributed by atoms with Crippen LogP contribution in [0.15, 0.2) is 18.3 Å². The van der Waals surface area contributed by atoms with E-state index in [1.54, 1.807) is 30.1 Å². The van der Waals surface area contributed by atoms with Crippen LogP contribution in [-0.4, -0.2) is 32.3 Å². The molecule has 1 aliphatic carbocycles. The minimum absolute atomic E-state index is 0.0156. The lowest BCUT2D eigenvalue weighted by atomic mass is 9.74. The van der Waals surface area contributed by atoms with Crippen LogP contribution in [0.3, 0.4) is 0 Å². The first-order valence-electron chi connectivity index (χ1n) is 6.21. The number of rotatable bonds is 5. The zero-order valence-corrected chi connectivity index (χ0v) is 10.8. The standard InChI is InChI=1S/C13H17N3O3/c1-16-10(5-8-14-16)3-4-11(17)15-13(6-2-7-13)9-12(18)19/h3-5,8H,2,6-7,9H2,1H3,(H,15,17)(H,18,19). The summed E-state index contributed by atoms with van der Waals surface area (Å²) in [7, 11) is 1.79. The van der Waals surface area contributed by atoms with Crippen LogP contribution in [0.1, 0.15) is 31.4 Å². The number of amides is 1. The van der Waals surface area contributed by atoms with Crippen molar-refractivity contribution in [2.75, 3.05) is 0 Å². The number of aliphatic carboxylic acids is 1. The van der Waals surface area contributed by atoms with E-state index in [0.29, 0.717) is 0 Å². The second kappa shape index (κ2) is 5.26. The van der Waals surface area contributed by atoms with Gasteiger partial charge in [-0.15, -0.1) is 0 Å². The van der Waals surface area contributed by atoms with Crippen molar-refractivity contribution in [1.82, 2.24) is 15.1 Å². The number of carbonyl (C=O) groups excluding carboxylic acids is 1. The van der Waals surface area contributed by atoms with Crippen LogP contribution in [-0.2, 0) is 16.6 Å². The van der Waals surface area contributed by atoms with Gasteiger partial charge in [-0.1, -0.05) is 0 Å². The molecule has 1 heterocycles. The van der Waals surface area contributed by atoms with Crippen LogP contribution < -0.4 is 5.32 Å². The third-order valence-corrected chi connectivity index (χ3v) is 3.45. The van der Waals surface area contributed by atoms with Crippen LogP contribution in [0.2, 0.25) is 0 Å². The summed E-state index contributed by atoms with van der Waals surface area (Å²) in [6.45, 7) is 0. The minimum atomic E-state index is -0.879. The van der Waals surface area contributed by atoms with Crippen LogP contribution in [0.4, 0.5) is 0 Å². The van der Waals surface area contributed by atoms with Gasteiger partial charge in [0.05, 0.1) is 17.7 Å². The minimum Gasteiger partial charge on any atom is -0.481 e. The summed E-state index contributed by atoms with van der Waals surface area (Å²) in [5.74, 6) is -1.14. The Morgan fingerprint density at radius 2 is 2.32 bits per heavy atom. The lowest BCUT2D eigenvalue weighted by molar-refractivity contribution is -0.140. The Kier molecular flexibility index (Phi) is 3.69. The lowest BCUT2D eigenvalue weighted by Gasteiger charge is -2.41. The van der Waals surface area contributed by atoms with Gasteiger partial charge in [0.25, 0.3) is 0 Å². The Morgan fingerprint density at radius 3 is 2.79 bits per heavy atom. The van der Waals surface area contributed by atoms with E-state index in [0.717, 1.165) is 25.0 Å². The van der Waals surface area contributed by atoms with Gasteiger partial charge in [-0.3, -0.25) is 14.3 Å². The number of aryl methyl sites for hydroxylation is 1. The fraction of sp³-hybridized carbons (Fsp3) is 0.462. The number of carbonyl (C=O) groups is 2. The molecular weight excluding hydrogens is 246 g/mol. The van der Waals surface area contributed by atoms with Crippen molar-refractivity contribution in [3.8, 4) is 0 Å². The van der Waals surface area contributed by atoms with Crippen LogP contribution in [0.5, 0.6) is 0 Å². The topological polar surface area (TPSA) is 84.2 Å². The van der Waals surface area contributed by atoms with E-state index in [1.807, 2.05) is 0 Å². The van der Waals surface area contributed by atoms with Gasteiger partial charge >= 0.3 is 5.97 Å². The molecule has 1 aromatic rings. The van der Waals surface area contributed by atoms with Gasteiger partial charge in [0.2, 0.25) is 5.91 Å². The average molecular weight is 263 g/mol. The fourth-order valence-corrected chi connectivity index (χ4v) is 2.25. The van der Waals surface area contributed by atoms with Gasteiger partial charge in [-0.2, -0.15) is 5.10 Å². The number of hydrogen-bond donors (Lipinski definition) is 2. The van der Waals surface area contributed by atoms with Crippen molar-refractivity contribution in [3.05, 3.63) is 24.0 Å². The quantitative estimate of drug-likeness (QED) is 0.774. The number of carboxylic acids is 1. The summed E-state index contributed by atoms with van der Waals surface area (Å²) in [6, 6.07) is 1.79. The molecule has 0 atom stereocenters. The molecule has 2 rings (SSSR count).